The highest BCUT2D eigenvalue weighted by Gasteiger charge is 2.13. The summed E-state index contributed by atoms with van der Waals surface area (Å²) in [6.45, 7) is 0.918. The van der Waals surface area contributed by atoms with Gasteiger partial charge in [0.25, 0.3) is 5.91 Å². The molecule has 0 aliphatic carbocycles. The van der Waals surface area contributed by atoms with E-state index in [4.69, 9.17) is 0 Å². The van der Waals surface area contributed by atoms with Crippen LogP contribution in [0.5, 0.6) is 0 Å². The fourth-order valence-corrected chi connectivity index (χ4v) is 2.30. The van der Waals surface area contributed by atoms with Crippen LogP contribution in [0.2, 0.25) is 0 Å². The normalized spacial score (nSPS) is 12.7. The number of hydrogen-bond donors (Lipinski definition) is 2. The molecule has 5 heteroatoms. The fourth-order valence-electron chi connectivity index (χ4n) is 2.30. The van der Waals surface area contributed by atoms with E-state index < -0.39 is 0 Å². The van der Waals surface area contributed by atoms with Crippen LogP contribution in [0, 0.1) is 0 Å². The lowest BCUT2D eigenvalue weighted by Crippen LogP contribution is -2.18. The molecule has 2 heterocycles. The first-order valence-electron chi connectivity index (χ1n) is 6.48. The summed E-state index contributed by atoms with van der Waals surface area (Å²) >= 11 is 0. The molecule has 3 rings (SSSR count). The molecular formula is C15H15N3O2. The van der Waals surface area contributed by atoms with E-state index in [1.807, 2.05) is 18.2 Å². The van der Waals surface area contributed by atoms with Gasteiger partial charge in [0, 0.05) is 37.1 Å². The van der Waals surface area contributed by atoms with Crippen LogP contribution in [0.25, 0.3) is 0 Å². The first-order chi connectivity index (χ1) is 9.63. The predicted octanol–water partition coefficient (Wildman–Crippen LogP) is 1.61. The Morgan fingerprint density at radius 1 is 1.30 bits per heavy atom. The van der Waals surface area contributed by atoms with E-state index >= 15 is 0 Å². The molecule has 20 heavy (non-hydrogen) atoms. The summed E-state index contributed by atoms with van der Waals surface area (Å²) in [5.41, 5.74) is 3.36. The standard InChI is InChI=1S/C15H15N3O2/c1-18-9-12(4-5-14(18)19)17-15(20)11-3-2-10-6-7-16-13(10)8-11/h2-5,8-9,16H,6-7H2,1H3,(H,17,20). The van der Waals surface area contributed by atoms with E-state index in [9.17, 15) is 9.59 Å². The van der Waals surface area contributed by atoms with Gasteiger partial charge in [0.2, 0.25) is 5.56 Å². The molecule has 2 N–H and O–H groups in total. The SMILES string of the molecule is Cn1cc(NC(=O)c2ccc3c(c2)NCC3)ccc1=O. The van der Waals surface area contributed by atoms with Crippen LogP contribution in [0.4, 0.5) is 11.4 Å². The molecule has 1 aromatic carbocycles. The number of nitrogens with zero attached hydrogens (tertiary/aromatic N) is 1. The number of anilines is 2. The van der Waals surface area contributed by atoms with E-state index in [1.54, 1.807) is 19.3 Å². The van der Waals surface area contributed by atoms with Gasteiger partial charge in [0.1, 0.15) is 0 Å². The minimum Gasteiger partial charge on any atom is -0.384 e. The maximum absolute atomic E-state index is 12.2. The van der Waals surface area contributed by atoms with Crippen LogP contribution < -0.4 is 16.2 Å². The number of pyridine rings is 1. The van der Waals surface area contributed by atoms with E-state index in [0.717, 1.165) is 18.7 Å². The maximum Gasteiger partial charge on any atom is 0.255 e. The maximum atomic E-state index is 12.2. The van der Waals surface area contributed by atoms with Crippen LogP contribution in [-0.2, 0) is 13.5 Å². The molecule has 1 aliphatic rings. The number of aryl methyl sites for hydroxylation is 1. The van der Waals surface area contributed by atoms with Crippen molar-refractivity contribution < 1.29 is 4.79 Å². The Balaban J connectivity index is 1.82. The summed E-state index contributed by atoms with van der Waals surface area (Å²) < 4.78 is 1.43. The lowest BCUT2D eigenvalue weighted by atomic mass is 10.1. The zero-order chi connectivity index (χ0) is 14.1. The molecule has 1 aromatic heterocycles. The fraction of sp³-hybridized carbons (Fsp3) is 0.200. The smallest absolute Gasteiger partial charge is 0.255 e. The molecule has 0 saturated carbocycles. The molecule has 0 bridgehead atoms. The van der Waals surface area contributed by atoms with Crippen LogP contribution in [-0.4, -0.2) is 17.0 Å². The average Bonchev–Trinajstić information content (AvgIpc) is 2.90. The van der Waals surface area contributed by atoms with E-state index in [1.165, 1.54) is 16.2 Å². The second-order valence-electron chi connectivity index (χ2n) is 4.87. The van der Waals surface area contributed by atoms with Gasteiger partial charge in [0.15, 0.2) is 0 Å². The van der Waals surface area contributed by atoms with Gasteiger partial charge in [-0.3, -0.25) is 9.59 Å². The quantitative estimate of drug-likeness (QED) is 0.870. The molecule has 5 nitrogen and oxygen atoms in total. The van der Waals surface area contributed by atoms with Gasteiger partial charge in [-0.1, -0.05) is 6.07 Å². The molecule has 0 atom stereocenters. The number of carbonyl (C=O) groups excluding carboxylic acids is 1. The van der Waals surface area contributed by atoms with Crippen molar-refractivity contribution in [3.63, 3.8) is 0 Å². The topological polar surface area (TPSA) is 63.1 Å². The first kappa shape index (κ1) is 12.5. The number of nitrogens with one attached hydrogen (secondary N) is 2. The Morgan fingerprint density at radius 3 is 2.95 bits per heavy atom. The number of fused-ring (bicyclic) bond motifs is 1. The Morgan fingerprint density at radius 2 is 2.15 bits per heavy atom. The Hall–Kier alpha value is -2.56. The Labute approximate surface area is 116 Å². The van der Waals surface area contributed by atoms with Gasteiger partial charge in [0.05, 0.1) is 5.69 Å². The predicted molar refractivity (Wildman–Crippen MR) is 78.3 cm³/mol. The molecule has 0 unspecified atom stereocenters. The Kier molecular flexibility index (Phi) is 3.02. The highest BCUT2D eigenvalue weighted by molar-refractivity contribution is 6.04. The molecule has 102 valence electrons. The summed E-state index contributed by atoms with van der Waals surface area (Å²) in [5, 5.41) is 6.04. The van der Waals surface area contributed by atoms with Crippen LogP contribution >= 0.6 is 0 Å². The molecule has 0 fully saturated rings. The van der Waals surface area contributed by atoms with Gasteiger partial charge in [-0.05, 0) is 30.2 Å². The number of aromatic nitrogens is 1. The van der Waals surface area contributed by atoms with Gasteiger partial charge in [-0.2, -0.15) is 0 Å². The molecule has 2 aromatic rings. The van der Waals surface area contributed by atoms with Crippen molar-refractivity contribution in [3.05, 3.63) is 58.0 Å². The van der Waals surface area contributed by atoms with Gasteiger partial charge >= 0.3 is 0 Å². The Bertz CT molecular complexity index is 734. The number of hydrogen-bond acceptors (Lipinski definition) is 3. The van der Waals surface area contributed by atoms with Crippen molar-refractivity contribution in [1.82, 2.24) is 4.57 Å². The molecule has 0 spiro atoms. The van der Waals surface area contributed by atoms with Gasteiger partial charge in [-0.15, -0.1) is 0 Å². The van der Waals surface area contributed by atoms with Crippen LogP contribution in [0.3, 0.4) is 0 Å². The van der Waals surface area contributed by atoms with Crippen molar-refractivity contribution in [3.8, 4) is 0 Å². The minimum absolute atomic E-state index is 0.107. The summed E-state index contributed by atoms with van der Waals surface area (Å²) in [6.07, 6.45) is 2.60. The minimum atomic E-state index is -0.180. The molecule has 1 amide bonds. The molecule has 0 saturated heterocycles. The monoisotopic (exact) mass is 269 g/mol. The largest absolute Gasteiger partial charge is 0.384 e. The molecular weight excluding hydrogens is 254 g/mol. The highest BCUT2D eigenvalue weighted by Crippen LogP contribution is 2.23. The van der Waals surface area contributed by atoms with Crippen molar-refractivity contribution in [1.29, 1.82) is 0 Å². The van der Waals surface area contributed by atoms with Gasteiger partial charge in [-0.25, -0.2) is 0 Å². The lowest BCUT2D eigenvalue weighted by molar-refractivity contribution is 0.102. The van der Waals surface area contributed by atoms with E-state index in [-0.39, 0.29) is 11.5 Å². The number of carbonyl (C=O) groups is 1. The second-order valence-corrected chi connectivity index (χ2v) is 4.87. The average molecular weight is 269 g/mol. The third kappa shape index (κ3) is 2.30. The highest BCUT2D eigenvalue weighted by atomic mass is 16.1. The molecule has 0 radical (unpaired) electrons. The third-order valence-corrected chi connectivity index (χ3v) is 3.43. The van der Waals surface area contributed by atoms with Crippen molar-refractivity contribution in [2.75, 3.05) is 17.2 Å². The van der Waals surface area contributed by atoms with Gasteiger partial charge < -0.3 is 15.2 Å². The first-order valence-corrected chi connectivity index (χ1v) is 6.48. The zero-order valence-corrected chi connectivity index (χ0v) is 11.1. The lowest BCUT2D eigenvalue weighted by Gasteiger charge is -2.08. The second kappa shape index (κ2) is 4.85. The molecule has 1 aliphatic heterocycles. The summed E-state index contributed by atoms with van der Waals surface area (Å²) in [5.74, 6) is -0.180. The number of rotatable bonds is 2. The van der Waals surface area contributed by atoms with Crippen LogP contribution in [0.1, 0.15) is 15.9 Å². The van der Waals surface area contributed by atoms with Crippen molar-refractivity contribution in [2.24, 2.45) is 7.05 Å². The van der Waals surface area contributed by atoms with Crippen LogP contribution in [0.15, 0.2) is 41.3 Å². The number of benzene rings is 1. The summed E-state index contributed by atoms with van der Waals surface area (Å²) in [6, 6.07) is 8.69. The van der Waals surface area contributed by atoms with Crippen molar-refractivity contribution >= 4 is 17.3 Å². The summed E-state index contributed by atoms with van der Waals surface area (Å²) in [4.78, 5) is 23.5. The van der Waals surface area contributed by atoms with E-state index in [2.05, 4.69) is 10.6 Å². The zero-order valence-electron chi connectivity index (χ0n) is 11.1. The summed E-state index contributed by atoms with van der Waals surface area (Å²) in [7, 11) is 1.65. The van der Waals surface area contributed by atoms with Crippen molar-refractivity contribution in [2.45, 2.75) is 6.42 Å². The third-order valence-electron chi connectivity index (χ3n) is 3.43. The number of amides is 1. The van der Waals surface area contributed by atoms with E-state index in [0.29, 0.717) is 11.3 Å².